The van der Waals surface area contributed by atoms with Gasteiger partial charge in [0.05, 0.1) is 0 Å². The van der Waals surface area contributed by atoms with Gasteiger partial charge in [-0.05, 0) is 46.5 Å². The molecule has 0 unspecified atom stereocenters. The second-order valence-corrected chi connectivity index (χ2v) is 15.8. The van der Waals surface area contributed by atoms with E-state index in [2.05, 4.69) is 84.9 Å². The molecule has 6 nitrogen and oxygen atoms in total. The Balaban J connectivity index is 1.16. The van der Waals surface area contributed by atoms with Crippen LogP contribution in [0.25, 0.3) is 111 Å². The zero-order valence-corrected chi connectivity index (χ0v) is 33.5. The van der Waals surface area contributed by atoms with Crippen LogP contribution < -0.4 is 0 Å². The van der Waals surface area contributed by atoms with Gasteiger partial charge in [0.15, 0.2) is 34.9 Å². The maximum atomic E-state index is 5.23. The van der Waals surface area contributed by atoms with Crippen molar-refractivity contribution in [3.8, 4) is 90.6 Å². The summed E-state index contributed by atoms with van der Waals surface area (Å²) in [5.74, 6) is 3.46. The minimum absolute atomic E-state index is 0.547. The van der Waals surface area contributed by atoms with Gasteiger partial charge in [-0.2, -0.15) is 0 Å². The average Bonchev–Trinajstić information content (AvgIpc) is 3.73. The minimum atomic E-state index is 0.547. The van der Waals surface area contributed by atoms with Gasteiger partial charge in [-0.3, -0.25) is 0 Å². The molecule has 0 aliphatic carbocycles. The number of benzene rings is 8. The molecule has 3 heterocycles. The number of hydrogen-bond donors (Lipinski definition) is 0. The van der Waals surface area contributed by atoms with E-state index in [0.29, 0.717) is 34.9 Å². The molecule has 0 amide bonds. The Morgan fingerprint density at radius 3 is 1.16 bits per heavy atom. The summed E-state index contributed by atoms with van der Waals surface area (Å²) in [5.41, 5.74) is 9.69. The highest BCUT2D eigenvalue weighted by molar-refractivity contribution is 7.26. The molecule has 0 N–H and O–H groups in total. The van der Waals surface area contributed by atoms with Gasteiger partial charge in [0, 0.05) is 53.6 Å². The fourth-order valence-electron chi connectivity index (χ4n) is 7.84. The summed E-state index contributed by atoms with van der Waals surface area (Å²) >= 11 is 1.82. The topological polar surface area (TPSA) is 77.3 Å². The number of thiophene rings is 1. The number of rotatable bonds is 8. The highest BCUT2D eigenvalue weighted by Crippen LogP contribution is 2.43. The molecule has 0 atom stereocenters. The molecule has 0 radical (unpaired) electrons. The number of nitrogens with zero attached hydrogens (tertiary/aromatic N) is 6. The van der Waals surface area contributed by atoms with E-state index in [1.54, 1.807) is 0 Å². The van der Waals surface area contributed by atoms with Gasteiger partial charge in [-0.1, -0.05) is 182 Å². The van der Waals surface area contributed by atoms with E-state index in [9.17, 15) is 0 Å². The molecule has 0 aliphatic rings. The van der Waals surface area contributed by atoms with Crippen molar-refractivity contribution < 1.29 is 0 Å². The summed E-state index contributed by atoms with van der Waals surface area (Å²) in [7, 11) is 0. The van der Waals surface area contributed by atoms with Crippen molar-refractivity contribution in [3.05, 3.63) is 206 Å². The summed E-state index contributed by atoms with van der Waals surface area (Å²) in [6, 6.07) is 70.6. The molecule has 0 aliphatic heterocycles. The smallest absolute Gasteiger partial charge is 0.164 e. The van der Waals surface area contributed by atoms with Crippen molar-refractivity contribution >= 4 is 31.5 Å². The van der Waals surface area contributed by atoms with E-state index >= 15 is 0 Å². The van der Waals surface area contributed by atoms with Crippen molar-refractivity contribution in [3.63, 3.8) is 0 Å². The van der Waals surface area contributed by atoms with Gasteiger partial charge in [0.1, 0.15) is 0 Å². The van der Waals surface area contributed by atoms with E-state index < -0.39 is 0 Å². The standard InChI is InChI=1S/C54H34N6S/c1-6-17-35(18-7-1)43-27-16-28-47-48(43)45-33-40(30-32-46(45)61-47)42-31-29-41(53-57-49(36-19-8-2-9-20-36)55-50(58-53)37-21-10-3-11-22-37)34-44(42)54-59-51(38-23-12-4-13-24-38)56-52(60-54)39-25-14-5-15-26-39/h1-34H. The third-order valence-corrected chi connectivity index (χ3v) is 11.9. The summed E-state index contributed by atoms with van der Waals surface area (Å²) in [5, 5.41) is 2.45. The van der Waals surface area contributed by atoms with E-state index in [1.165, 1.54) is 31.3 Å². The normalized spacial score (nSPS) is 11.3. The molecular formula is C54H34N6S. The van der Waals surface area contributed by atoms with Crippen molar-refractivity contribution in [1.82, 2.24) is 29.9 Å². The lowest BCUT2D eigenvalue weighted by molar-refractivity contribution is 1.07. The van der Waals surface area contributed by atoms with E-state index in [0.717, 1.165) is 44.5 Å². The second-order valence-electron chi connectivity index (χ2n) is 14.7. The third-order valence-electron chi connectivity index (χ3n) is 10.8. The Hall–Kier alpha value is -8.00. The Morgan fingerprint density at radius 1 is 0.246 bits per heavy atom. The summed E-state index contributed by atoms with van der Waals surface area (Å²) in [4.78, 5) is 30.7. The number of fused-ring (bicyclic) bond motifs is 3. The molecule has 0 bridgehead atoms. The summed E-state index contributed by atoms with van der Waals surface area (Å²) in [6.07, 6.45) is 0. The van der Waals surface area contributed by atoms with Crippen LogP contribution in [0.2, 0.25) is 0 Å². The SMILES string of the molecule is c1ccc(-c2nc(-c3ccccc3)nc(-c3ccc(-c4ccc5sc6cccc(-c7ccccc7)c6c5c4)c(-c4nc(-c5ccccc5)nc(-c5ccccc5)n4)c3)n2)cc1. The summed E-state index contributed by atoms with van der Waals surface area (Å²) < 4.78 is 2.48. The first-order chi connectivity index (χ1) is 30.2. The maximum Gasteiger partial charge on any atom is 0.164 e. The van der Waals surface area contributed by atoms with E-state index in [-0.39, 0.29) is 0 Å². The van der Waals surface area contributed by atoms with Gasteiger partial charge in [0.25, 0.3) is 0 Å². The Labute approximate surface area is 356 Å². The molecule has 3 aromatic heterocycles. The highest BCUT2D eigenvalue weighted by atomic mass is 32.1. The van der Waals surface area contributed by atoms with Crippen molar-refractivity contribution in [2.24, 2.45) is 0 Å². The van der Waals surface area contributed by atoms with Gasteiger partial charge >= 0.3 is 0 Å². The van der Waals surface area contributed by atoms with Crippen molar-refractivity contribution in [1.29, 1.82) is 0 Å². The van der Waals surface area contributed by atoms with Crippen LogP contribution in [0.1, 0.15) is 0 Å². The molecule has 0 saturated carbocycles. The molecule has 286 valence electrons. The molecule has 0 fully saturated rings. The van der Waals surface area contributed by atoms with Gasteiger partial charge in [-0.15, -0.1) is 11.3 Å². The third kappa shape index (κ3) is 7.03. The van der Waals surface area contributed by atoms with Crippen LogP contribution in [0.4, 0.5) is 0 Å². The first-order valence-corrected chi connectivity index (χ1v) is 20.9. The highest BCUT2D eigenvalue weighted by Gasteiger charge is 2.20. The lowest BCUT2D eigenvalue weighted by Gasteiger charge is -2.15. The fourth-order valence-corrected chi connectivity index (χ4v) is 8.95. The van der Waals surface area contributed by atoms with Crippen LogP contribution in [0.15, 0.2) is 206 Å². The summed E-state index contributed by atoms with van der Waals surface area (Å²) in [6.45, 7) is 0. The molecule has 0 saturated heterocycles. The zero-order chi connectivity index (χ0) is 40.5. The maximum absolute atomic E-state index is 5.23. The number of aromatic nitrogens is 6. The molecular weight excluding hydrogens is 765 g/mol. The predicted molar refractivity (Wildman–Crippen MR) is 250 cm³/mol. The first-order valence-electron chi connectivity index (χ1n) is 20.1. The molecule has 11 rings (SSSR count). The zero-order valence-electron chi connectivity index (χ0n) is 32.7. The van der Waals surface area contributed by atoms with E-state index in [1.807, 2.05) is 133 Å². The second kappa shape index (κ2) is 15.6. The monoisotopic (exact) mass is 798 g/mol. The number of hydrogen-bond acceptors (Lipinski definition) is 7. The molecule has 11 aromatic rings. The predicted octanol–water partition coefficient (Wildman–Crippen LogP) is 13.8. The van der Waals surface area contributed by atoms with Crippen LogP contribution in [0.5, 0.6) is 0 Å². The quantitative estimate of drug-likeness (QED) is 0.152. The van der Waals surface area contributed by atoms with Crippen LogP contribution in [0, 0.1) is 0 Å². The van der Waals surface area contributed by atoms with E-state index in [4.69, 9.17) is 29.9 Å². The van der Waals surface area contributed by atoms with Gasteiger partial charge in [-0.25, -0.2) is 29.9 Å². The first kappa shape index (κ1) is 36.1. The van der Waals surface area contributed by atoms with Crippen molar-refractivity contribution in [2.75, 3.05) is 0 Å². The van der Waals surface area contributed by atoms with Gasteiger partial charge in [0.2, 0.25) is 0 Å². The lowest BCUT2D eigenvalue weighted by Crippen LogP contribution is -2.02. The lowest BCUT2D eigenvalue weighted by atomic mass is 9.94. The van der Waals surface area contributed by atoms with Crippen LogP contribution in [-0.4, -0.2) is 29.9 Å². The Morgan fingerprint density at radius 2 is 0.672 bits per heavy atom. The minimum Gasteiger partial charge on any atom is -0.208 e. The molecule has 61 heavy (non-hydrogen) atoms. The largest absolute Gasteiger partial charge is 0.208 e. The van der Waals surface area contributed by atoms with Crippen LogP contribution >= 0.6 is 11.3 Å². The molecule has 0 spiro atoms. The van der Waals surface area contributed by atoms with Crippen molar-refractivity contribution in [2.45, 2.75) is 0 Å². The van der Waals surface area contributed by atoms with Crippen LogP contribution in [-0.2, 0) is 0 Å². The van der Waals surface area contributed by atoms with Crippen LogP contribution in [0.3, 0.4) is 0 Å². The Bertz CT molecular complexity index is 3220. The molecule has 8 aromatic carbocycles. The average molecular weight is 799 g/mol. The van der Waals surface area contributed by atoms with Gasteiger partial charge < -0.3 is 0 Å². The Kier molecular flexibility index (Phi) is 9.26. The fraction of sp³-hybridized carbons (Fsp3) is 0. The molecule has 7 heteroatoms.